The van der Waals surface area contributed by atoms with Crippen molar-refractivity contribution in [1.82, 2.24) is 0 Å². The van der Waals surface area contributed by atoms with Crippen LogP contribution in [0.4, 0.5) is 0 Å². The first-order valence-corrected chi connectivity index (χ1v) is 4.07. The Morgan fingerprint density at radius 3 is 2.62 bits per heavy atom. The maximum absolute atomic E-state index is 8.93. The van der Waals surface area contributed by atoms with Crippen LogP contribution in [-0.4, -0.2) is 0 Å². The van der Waals surface area contributed by atoms with Crippen molar-refractivity contribution in [1.29, 1.82) is 5.26 Å². The van der Waals surface area contributed by atoms with Gasteiger partial charge in [0.25, 0.3) is 0 Å². The molecule has 1 heteroatoms. The third-order valence-corrected chi connectivity index (χ3v) is 2.13. The van der Waals surface area contributed by atoms with E-state index in [1.54, 1.807) is 0 Å². The summed E-state index contributed by atoms with van der Waals surface area (Å²) in [5.74, 6) is 0. The van der Waals surface area contributed by atoms with E-state index in [1.807, 2.05) is 36.4 Å². The van der Waals surface area contributed by atoms with E-state index in [0.29, 0.717) is 5.56 Å². The lowest BCUT2D eigenvalue weighted by molar-refractivity contribution is 1.48. The van der Waals surface area contributed by atoms with Crippen molar-refractivity contribution >= 4 is 10.8 Å². The predicted molar refractivity (Wildman–Crippen MR) is 53.1 cm³/mol. The highest BCUT2D eigenvalue weighted by molar-refractivity contribution is 5.89. The largest absolute Gasteiger partial charge is 0.192 e. The normalized spacial score (nSPS) is 9.85. The molecule has 0 heterocycles. The van der Waals surface area contributed by atoms with E-state index in [1.165, 1.54) is 0 Å². The fraction of sp³-hybridized carbons (Fsp3) is 0. The number of hydrogen-bond donors (Lipinski definition) is 0. The molecule has 0 atom stereocenters. The van der Waals surface area contributed by atoms with Crippen LogP contribution in [0.3, 0.4) is 0 Å². The minimum absolute atomic E-state index is 0.679. The number of fused-ring (bicyclic) bond motifs is 1. The van der Waals surface area contributed by atoms with E-state index in [2.05, 4.69) is 13.0 Å². The maximum Gasteiger partial charge on any atom is 0.100 e. The Bertz CT molecular complexity index is 492. The van der Waals surface area contributed by atoms with Gasteiger partial charge in [0, 0.05) is 0 Å². The van der Waals surface area contributed by atoms with Gasteiger partial charge >= 0.3 is 0 Å². The van der Waals surface area contributed by atoms with Crippen LogP contribution >= 0.6 is 0 Å². The molecule has 1 nitrogen and oxygen atoms in total. The zero-order valence-corrected chi connectivity index (χ0v) is 7.12. The Balaban J connectivity index is 2.94. The van der Waals surface area contributed by atoms with Crippen LogP contribution in [0.1, 0.15) is 11.1 Å². The molecule has 2 rings (SSSR count). The van der Waals surface area contributed by atoms with Crippen molar-refractivity contribution in [3.8, 4) is 6.07 Å². The average molecular weight is 166 g/mol. The van der Waals surface area contributed by atoms with Crippen molar-refractivity contribution in [3.63, 3.8) is 0 Å². The van der Waals surface area contributed by atoms with Crippen molar-refractivity contribution in [2.45, 2.75) is 0 Å². The molecule has 1 radical (unpaired) electrons. The van der Waals surface area contributed by atoms with Crippen molar-refractivity contribution in [2.24, 2.45) is 0 Å². The number of nitrogens with zero attached hydrogens (tertiary/aromatic N) is 1. The Hall–Kier alpha value is -1.81. The molecule has 0 unspecified atom stereocenters. The third kappa shape index (κ3) is 1.17. The molecule has 0 aliphatic rings. The Morgan fingerprint density at radius 1 is 1.08 bits per heavy atom. The average Bonchev–Trinajstić information content (AvgIpc) is 2.18. The highest BCUT2D eigenvalue weighted by Gasteiger charge is 2.01. The molecule has 0 aromatic heterocycles. The van der Waals surface area contributed by atoms with Crippen LogP contribution < -0.4 is 0 Å². The molecule has 0 bridgehead atoms. The van der Waals surface area contributed by atoms with Crippen LogP contribution in [0, 0.1) is 18.3 Å². The summed E-state index contributed by atoms with van der Waals surface area (Å²) in [6.45, 7) is 3.82. The lowest BCUT2D eigenvalue weighted by Crippen LogP contribution is -1.83. The van der Waals surface area contributed by atoms with Gasteiger partial charge in [0.05, 0.1) is 5.56 Å². The molecule has 0 amide bonds. The predicted octanol–water partition coefficient (Wildman–Crippen LogP) is 2.89. The summed E-state index contributed by atoms with van der Waals surface area (Å²) >= 11 is 0. The summed E-state index contributed by atoms with van der Waals surface area (Å²) in [5, 5.41) is 11.0. The summed E-state index contributed by atoms with van der Waals surface area (Å²) in [6, 6.07) is 13.9. The minimum Gasteiger partial charge on any atom is -0.192 e. The standard InChI is InChI=1S/C12H8N/c1-9-6-7-10-4-2-3-5-11(10)12(9)8-13/h2-7H,1H2. The van der Waals surface area contributed by atoms with E-state index in [-0.39, 0.29) is 0 Å². The smallest absolute Gasteiger partial charge is 0.100 e. The second-order valence-electron chi connectivity index (χ2n) is 2.93. The molecule has 61 valence electrons. The second kappa shape index (κ2) is 2.91. The molecule has 2 aromatic rings. The summed E-state index contributed by atoms with van der Waals surface area (Å²) in [7, 11) is 0. The maximum atomic E-state index is 8.93. The lowest BCUT2D eigenvalue weighted by Gasteiger charge is -2.01. The summed E-state index contributed by atoms with van der Waals surface area (Å²) in [6.07, 6.45) is 0. The van der Waals surface area contributed by atoms with Gasteiger partial charge in [-0.25, -0.2) is 0 Å². The highest BCUT2D eigenvalue weighted by atomic mass is 14.2. The molecule has 0 fully saturated rings. The summed E-state index contributed by atoms with van der Waals surface area (Å²) < 4.78 is 0. The Labute approximate surface area is 77.2 Å². The first-order valence-electron chi connectivity index (χ1n) is 4.07. The molecular formula is C12H8N. The number of nitriles is 1. The molecule has 0 spiro atoms. The quantitative estimate of drug-likeness (QED) is 0.590. The van der Waals surface area contributed by atoms with Crippen LogP contribution in [0.5, 0.6) is 0 Å². The number of rotatable bonds is 0. The first kappa shape index (κ1) is 7.82. The molecule has 0 aliphatic heterocycles. The van der Waals surface area contributed by atoms with Gasteiger partial charge in [-0.15, -0.1) is 0 Å². The minimum atomic E-state index is 0.679. The van der Waals surface area contributed by atoms with Crippen molar-refractivity contribution in [2.75, 3.05) is 0 Å². The molecular weight excluding hydrogens is 158 g/mol. The topological polar surface area (TPSA) is 23.8 Å². The van der Waals surface area contributed by atoms with Crippen LogP contribution in [0.2, 0.25) is 0 Å². The van der Waals surface area contributed by atoms with Gasteiger partial charge in [0.15, 0.2) is 0 Å². The molecule has 2 aromatic carbocycles. The summed E-state index contributed by atoms with van der Waals surface area (Å²) in [5.41, 5.74) is 1.47. The van der Waals surface area contributed by atoms with Gasteiger partial charge in [-0.1, -0.05) is 36.4 Å². The van der Waals surface area contributed by atoms with Crippen LogP contribution in [-0.2, 0) is 0 Å². The fourth-order valence-corrected chi connectivity index (χ4v) is 1.45. The zero-order valence-electron chi connectivity index (χ0n) is 7.12. The van der Waals surface area contributed by atoms with Gasteiger partial charge < -0.3 is 0 Å². The number of benzene rings is 2. The van der Waals surface area contributed by atoms with Gasteiger partial charge in [-0.05, 0) is 23.3 Å². The lowest BCUT2D eigenvalue weighted by atomic mass is 10.0. The molecule has 0 saturated heterocycles. The fourth-order valence-electron chi connectivity index (χ4n) is 1.45. The van der Waals surface area contributed by atoms with Crippen molar-refractivity contribution in [3.05, 3.63) is 54.4 Å². The van der Waals surface area contributed by atoms with Gasteiger partial charge in [0.2, 0.25) is 0 Å². The van der Waals surface area contributed by atoms with E-state index >= 15 is 0 Å². The monoisotopic (exact) mass is 166 g/mol. The van der Waals surface area contributed by atoms with Crippen LogP contribution in [0.25, 0.3) is 10.8 Å². The molecule has 0 aliphatic carbocycles. The number of hydrogen-bond acceptors (Lipinski definition) is 1. The van der Waals surface area contributed by atoms with E-state index in [9.17, 15) is 0 Å². The van der Waals surface area contributed by atoms with Crippen LogP contribution in [0.15, 0.2) is 36.4 Å². The SMILES string of the molecule is [CH2]c1ccc2ccccc2c1C#N. The first-order chi connectivity index (χ1) is 6.33. The van der Waals surface area contributed by atoms with E-state index in [0.717, 1.165) is 16.3 Å². The molecule has 13 heavy (non-hydrogen) atoms. The molecule has 0 saturated carbocycles. The highest BCUT2D eigenvalue weighted by Crippen LogP contribution is 2.20. The summed E-state index contributed by atoms with van der Waals surface area (Å²) in [4.78, 5) is 0. The van der Waals surface area contributed by atoms with Gasteiger partial charge in [0.1, 0.15) is 6.07 Å². The second-order valence-corrected chi connectivity index (χ2v) is 2.93. The Kier molecular flexibility index (Phi) is 1.75. The third-order valence-electron chi connectivity index (χ3n) is 2.13. The van der Waals surface area contributed by atoms with E-state index < -0.39 is 0 Å². The van der Waals surface area contributed by atoms with E-state index in [4.69, 9.17) is 5.26 Å². The zero-order chi connectivity index (χ0) is 9.26. The Morgan fingerprint density at radius 2 is 1.85 bits per heavy atom. The van der Waals surface area contributed by atoms with Gasteiger partial charge in [-0.3, -0.25) is 0 Å². The van der Waals surface area contributed by atoms with Crippen molar-refractivity contribution < 1.29 is 0 Å². The van der Waals surface area contributed by atoms with Gasteiger partial charge in [-0.2, -0.15) is 5.26 Å². The molecule has 0 N–H and O–H groups in total.